The summed E-state index contributed by atoms with van der Waals surface area (Å²) >= 11 is 5.49. The lowest BCUT2D eigenvalue weighted by Gasteiger charge is -2.18. The zero-order chi connectivity index (χ0) is 20.4. The molecule has 0 aliphatic heterocycles. The second-order valence-electron chi connectivity index (χ2n) is 5.70. The van der Waals surface area contributed by atoms with Crippen LogP contribution in [0.4, 0.5) is 10.5 Å². The first kappa shape index (κ1) is 21.2. The number of alkyl halides is 1. The van der Waals surface area contributed by atoms with Gasteiger partial charge in [-0.05, 0) is 30.2 Å². The Kier molecular flexibility index (Phi) is 8.30. The van der Waals surface area contributed by atoms with E-state index in [0.717, 1.165) is 5.56 Å². The van der Waals surface area contributed by atoms with Crippen LogP contribution in [-0.2, 0) is 25.7 Å². The fraction of sp³-hybridized carbons (Fsp3) is 0.250. The SMILES string of the molecule is CCOC(=O)[C@H](NC(=O)OCc1ccccc1)c1cccc(NC(=O)CCl)c1. The van der Waals surface area contributed by atoms with E-state index in [-0.39, 0.29) is 25.0 Å². The van der Waals surface area contributed by atoms with Gasteiger partial charge in [-0.15, -0.1) is 11.6 Å². The number of amides is 2. The molecule has 148 valence electrons. The van der Waals surface area contributed by atoms with E-state index in [1.54, 1.807) is 31.2 Å². The Bertz CT molecular complexity index is 813. The molecule has 0 saturated heterocycles. The normalized spacial score (nSPS) is 11.2. The molecule has 0 radical (unpaired) electrons. The minimum Gasteiger partial charge on any atom is -0.464 e. The lowest BCUT2D eigenvalue weighted by molar-refractivity contribution is -0.145. The van der Waals surface area contributed by atoms with Crippen molar-refractivity contribution < 1.29 is 23.9 Å². The molecule has 0 saturated carbocycles. The maximum Gasteiger partial charge on any atom is 0.408 e. The van der Waals surface area contributed by atoms with E-state index in [1.807, 2.05) is 30.3 Å². The molecule has 0 spiro atoms. The van der Waals surface area contributed by atoms with E-state index < -0.39 is 18.1 Å². The summed E-state index contributed by atoms with van der Waals surface area (Å²) in [5.74, 6) is -1.23. The molecule has 2 N–H and O–H groups in total. The van der Waals surface area contributed by atoms with Gasteiger partial charge in [-0.25, -0.2) is 9.59 Å². The Morgan fingerprint density at radius 2 is 1.79 bits per heavy atom. The Morgan fingerprint density at radius 1 is 1.04 bits per heavy atom. The van der Waals surface area contributed by atoms with Crippen molar-refractivity contribution in [1.29, 1.82) is 0 Å². The van der Waals surface area contributed by atoms with E-state index in [9.17, 15) is 14.4 Å². The molecule has 0 heterocycles. The number of halogens is 1. The lowest BCUT2D eigenvalue weighted by atomic mass is 10.1. The molecule has 8 heteroatoms. The van der Waals surface area contributed by atoms with Gasteiger partial charge in [0, 0.05) is 5.69 Å². The molecule has 1 atom stereocenters. The van der Waals surface area contributed by atoms with E-state index in [2.05, 4.69) is 10.6 Å². The van der Waals surface area contributed by atoms with Gasteiger partial charge in [0.05, 0.1) is 6.61 Å². The molecule has 2 rings (SSSR count). The summed E-state index contributed by atoms with van der Waals surface area (Å²) in [5, 5.41) is 5.10. The van der Waals surface area contributed by atoms with Gasteiger partial charge in [0.25, 0.3) is 0 Å². The van der Waals surface area contributed by atoms with Gasteiger partial charge < -0.3 is 20.1 Å². The third-order valence-electron chi connectivity index (χ3n) is 3.62. The highest BCUT2D eigenvalue weighted by Crippen LogP contribution is 2.20. The zero-order valence-electron chi connectivity index (χ0n) is 15.3. The highest BCUT2D eigenvalue weighted by molar-refractivity contribution is 6.29. The number of nitrogens with one attached hydrogen (secondary N) is 2. The van der Waals surface area contributed by atoms with Crippen LogP contribution in [0.2, 0.25) is 0 Å². The van der Waals surface area contributed by atoms with Crippen LogP contribution in [0.15, 0.2) is 54.6 Å². The van der Waals surface area contributed by atoms with Gasteiger partial charge in [0.2, 0.25) is 5.91 Å². The third-order valence-corrected chi connectivity index (χ3v) is 3.87. The van der Waals surface area contributed by atoms with Gasteiger partial charge in [-0.1, -0.05) is 42.5 Å². The van der Waals surface area contributed by atoms with Crippen LogP contribution in [0.5, 0.6) is 0 Å². The van der Waals surface area contributed by atoms with Crippen LogP contribution < -0.4 is 10.6 Å². The predicted octanol–water partition coefficient (Wildman–Crippen LogP) is 3.39. The minimum atomic E-state index is -1.09. The molecule has 0 aliphatic carbocycles. The molecule has 0 fully saturated rings. The number of hydrogen-bond donors (Lipinski definition) is 2. The summed E-state index contributed by atoms with van der Waals surface area (Å²) in [4.78, 5) is 36.0. The van der Waals surface area contributed by atoms with Crippen LogP contribution in [0, 0.1) is 0 Å². The van der Waals surface area contributed by atoms with Gasteiger partial charge in [-0.3, -0.25) is 4.79 Å². The second-order valence-corrected chi connectivity index (χ2v) is 5.97. The fourth-order valence-electron chi connectivity index (χ4n) is 2.38. The summed E-state index contributed by atoms with van der Waals surface area (Å²) in [5.41, 5.74) is 1.69. The fourth-order valence-corrected chi connectivity index (χ4v) is 2.44. The molecule has 2 aromatic rings. The van der Waals surface area contributed by atoms with E-state index >= 15 is 0 Å². The smallest absolute Gasteiger partial charge is 0.408 e. The molecule has 2 amide bonds. The van der Waals surface area contributed by atoms with E-state index in [4.69, 9.17) is 21.1 Å². The molecule has 7 nitrogen and oxygen atoms in total. The lowest BCUT2D eigenvalue weighted by Crippen LogP contribution is -2.35. The van der Waals surface area contributed by atoms with Crippen molar-refractivity contribution in [3.8, 4) is 0 Å². The van der Waals surface area contributed by atoms with Crippen molar-refractivity contribution >= 4 is 35.3 Å². The van der Waals surface area contributed by atoms with Crippen molar-refractivity contribution in [2.45, 2.75) is 19.6 Å². The van der Waals surface area contributed by atoms with Crippen molar-refractivity contribution in [2.24, 2.45) is 0 Å². The molecule has 0 aromatic heterocycles. The standard InChI is InChI=1S/C20H21ClN2O5/c1-2-27-19(25)18(15-9-6-10-16(11-15)22-17(24)12-21)23-20(26)28-13-14-7-4-3-5-8-14/h3-11,18H,2,12-13H2,1H3,(H,22,24)(H,23,26)/t18-/m1/s1. The largest absolute Gasteiger partial charge is 0.464 e. The quantitative estimate of drug-likeness (QED) is 0.519. The molecule has 2 aromatic carbocycles. The molecule has 0 unspecified atom stereocenters. The minimum absolute atomic E-state index is 0.0635. The summed E-state index contributed by atoms with van der Waals surface area (Å²) in [6, 6.07) is 14.5. The molecular formula is C20H21ClN2O5. The predicted molar refractivity (Wildman–Crippen MR) is 105 cm³/mol. The van der Waals surface area contributed by atoms with Crippen molar-refractivity contribution in [2.75, 3.05) is 17.8 Å². The van der Waals surface area contributed by atoms with E-state index in [0.29, 0.717) is 11.3 Å². The van der Waals surface area contributed by atoms with Crippen molar-refractivity contribution in [3.05, 3.63) is 65.7 Å². The number of benzene rings is 2. The average Bonchev–Trinajstić information content (AvgIpc) is 2.71. The number of alkyl carbamates (subject to hydrolysis) is 1. The molecule has 0 bridgehead atoms. The number of ether oxygens (including phenoxy) is 2. The van der Waals surface area contributed by atoms with Gasteiger partial charge >= 0.3 is 12.1 Å². The van der Waals surface area contributed by atoms with Crippen LogP contribution in [-0.4, -0.2) is 30.5 Å². The van der Waals surface area contributed by atoms with Crippen LogP contribution in [0.3, 0.4) is 0 Å². The number of carbonyl (C=O) groups is 3. The van der Waals surface area contributed by atoms with Crippen LogP contribution >= 0.6 is 11.6 Å². The number of carbonyl (C=O) groups excluding carboxylic acids is 3. The maximum atomic E-state index is 12.3. The van der Waals surface area contributed by atoms with Crippen LogP contribution in [0.1, 0.15) is 24.1 Å². The summed E-state index contributed by atoms with van der Waals surface area (Å²) in [6.07, 6.45) is -0.767. The first-order valence-electron chi connectivity index (χ1n) is 8.63. The van der Waals surface area contributed by atoms with Crippen LogP contribution in [0.25, 0.3) is 0 Å². The first-order valence-corrected chi connectivity index (χ1v) is 9.16. The highest BCUT2D eigenvalue weighted by Gasteiger charge is 2.25. The summed E-state index contributed by atoms with van der Waals surface area (Å²) in [6.45, 7) is 1.88. The van der Waals surface area contributed by atoms with Gasteiger partial charge in [-0.2, -0.15) is 0 Å². The Labute approximate surface area is 168 Å². The first-order chi connectivity index (χ1) is 13.5. The number of rotatable bonds is 8. The average molecular weight is 405 g/mol. The monoisotopic (exact) mass is 404 g/mol. The van der Waals surface area contributed by atoms with Gasteiger partial charge in [0.15, 0.2) is 6.04 Å². The molecular weight excluding hydrogens is 384 g/mol. The number of esters is 1. The number of hydrogen-bond acceptors (Lipinski definition) is 5. The van der Waals surface area contributed by atoms with Crippen molar-refractivity contribution in [3.63, 3.8) is 0 Å². The van der Waals surface area contributed by atoms with Crippen molar-refractivity contribution in [1.82, 2.24) is 5.32 Å². The molecule has 0 aliphatic rings. The third kappa shape index (κ3) is 6.59. The Hall–Kier alpha value is -3.06. The van der Waals surface area contributed by atoms with E-state index in [1.165, 1.54) is 0 Å². The summed E-state index contributed by atoms with van der Waals surface area (Å²) in [7, 11) is 0. The maximum absolute atomic E-state index is 12.3. The Balaban J connectivity index is 2.11. The van der Waals surface area contributed by atoms with Gasteiger partial charge in [0.1, 0.15) is 12.5 Å². The molecule has 28 heavy (non-hydrogen) atoms. The summed E-state index contributed by atoms with van der Waals surface area (Å²) < 4.78 is 10.2. The highest BCUT2D eigenvalue weighted by atomic mass is 35.5. The Morgan fingerprint density at radius 3 is 2.46 bits per heavy atom. The zero-order valence-corrected chi connectivity index (χ0v) is 16.1. The number of anilines is 1. The topological polar surface area (TPSA) is 93.7 Å². The second kappa shape index (κ2) is 10.9.